The quantitative estimate of drug-likeness (QED) is 0.620. The monoisotopic (exact) mass is 252 g/mol. The van der Waals surface area contributed by atoms with E-state index in [1.807, 2.05) is 0 Å². The molecule has 0 rings (SSSR count). The molecule has 0 aliphatic rings. The van der Waals surface area contributed by atoms with Crippen LogP contribution in [0.1, 0.15) is 13.8 Å². The Morgan fingerprint density at radius 2 is 0.933 bits per heavy atom. The maximum Gasteiger partial charge on any atom is 0.339 e. The van der Waals surface area contributed by atoms with Crippen LogP contribution >= 0.6 is 0 Å². The Kier molecular flexibility index (Phi) is 6.89. The van der Waals surface area contributed by atoms with Crippen molar-refractivity contribution >= 4 is 17.1 Å². The van der Waals surface area contributed by atoms with Crippen LogP contribution in [0.3, 0.4) is 0 Å². The minimum Gasteiger partial charge on any atom is -0.398 e. The van der Waals surface area contributed by atoms with Crippen LogP contribution in [0.5, 0.6) is 0 Å². The van der Waals surface area contributed by atoms with Gasteiger partial charge in [0.1, 0.15) is 0 Å². The van der Waals surface area contributed by atoms with Crippen molar-refractivity contribution in [3.8, 4) is 0 Å². The molecule has 0 saturated heterocycles. The first-order valence-electron chi connectivity index (χ1n) is 5.28. The van der Waals surface area contributed by atoms with E-state index in [9.17, 15) is 0 Å². The summed E-state index contributed by atoms with van der Waals surface area (Å²) < 4.78 is 22.4. The summed E-state index contributed by atoms with van der Waals surface area (Å²) in [4.78, 5) is 0. The van der Waals surface area contributed by atoms with Crippen LogP contribution in [0.15, 0.2) is 0 Å². The lowest BCUT2D eigenvalue weighted by Gasteiger charge is -2.34. The summed E-state index contributed by atoms with van der Waals surface area (Å²) in [6.45, 7) is 4.19. The van der Waals surface area contributed by atoms with Crippen LogP contribution in [0.2, 0.25) is 17.8 Å². The maximum absolute atomic E-state index is 5.59. The summed E-state index contributed by atoms with van der Waals surface area (Å²) in [5.74, 6) is 0. The molecule has 0 aromatic rings. The van der Waals surface area contributed by atoms with E-state index in [1.54, 1.807) is 28.4 Å². The number of hydrogen-bond donors (Lipinski definition) is 0. The van der Waals surface area contributed by atoms with E-state index in [-0.39, 0.29) is 0 Å². The molecule has 92 valence electrons. The lowest BCUT2D eigenvalue weighted by atomic mass is 11.0. The van der Waals surface area contributed by atoms with Gasteiger partial charge in [0, 0.05) is 34.1 Å². The topological polar surface area (TPSA) is 36.9 Å². The fourth-order valence-corrected chi connectivity index (χ4v) is 10.8. The zero-order valence-electron chi connectivity index (χ0n) is 10.8. The van der Waals surface area contributed by atoms with E-state index in [0.717, 1.165) is 17.8 Å². The van der Waals surface area contributed by atoms with E-state index < -0.39 is 17.1 Å². The second kappa shape index (κ2) is 6.77. The summed E-state index contributed by atoms with van der Waals surface area (Å²) >= 11 is 0. The van der Waals surface area contributed by atoms with Gasteiger partial charge >= 0.3 is 17.1 Å². The predicted octanol–water partition coefficient (Wildman–Crippen LogP) is 2.04. The van der Waals surface area contributed by atoms with Crippen molar-refractivity contribution in [3.05, 3.63) is 0 Å². The molecule has 0 spiro atoms. The van der Waals surface area contributed by atoms with Crippen LogP contribution < -0.4 is 0 Å². The average molecular weight is 252 g/mol. The predicted molar refractivity (Wildman–Crippen MR) is 65.3 cm³/mol. The third kappa shape index (κ3) is 3.65. The smallest absolute Gasteiger partial charge is 0.339 e. The highest BCUT2D eigenvalue weighted by atomic mass is 28.4. The molecule has 0 fully saturated rings. The first-order chi connectivity index (χ1) is 7.07. The maximum atomic E-state index is 5.59. The van der Waals surface area contributed by atoms with Crippen LogP contribution in [0.25, 0.3) is 0 Å². The lowest BCUT2D eigenvalue weighted by Crippen LogP contribution is -2.52. The van der Waals surface area contributed by atoms with Gasteiger partial charge in [0.15, 0.2) is 0 Å². The molecule has 15 heavy (non-hydrogen) atoms. The second-order valence-electron chi connectivity index (χ2n) is 3.52. The molecule has 0 N–H and O–H groups in total. The van der Waals surface area contributed by atoms with E-state index in [2.05, 4.69) is 13.8 Å². The van der Waals surface area contributed by atoms with Crippen molar-refractivity contribution in [1.82, 2.24) is 0 Å². The van der Waals surface area contributed by atoms with Crippen molar-refractivity contribution in [2.75, 3.05) is 28.4 Å². The molecule has 0 amide bonds. The molecule has 0 aliphatic carbocycles. The largest absolute Gasteiger partial charge is 0.398 e. The Bertz CT molecular complexity index is 135. The van der Waals surface area contributed by atoms with Crippen molar-refractivity contribution in [3.63, 3.8) is 0 Å². The second-order valence-corrected chi connectivity index (χ2v) is 11.6. The van der Waals surface area contributed by atoms with Gasteiger partial charge in [-0.25, -0.2) is 0 Å². The van der Waals surface area contributed by atoms with Crippen molar-refractivity contribution < 1.29 is 17.7 Å². The Morgan fingerprint density at radius 1 is 0.667 bits per heavy atom. The van der Waals surface area contributed by atoms with Crippen LogP contribution in [-0.2, 0) is 17.7 Å². The van der Waals surface area contributed by atoms with E-state index >= 15 is 0 Å². The van der Waals surface area contributed by atoms with Crippen LogP contribution in [-0.4, -0.2) is 45.6 Å². The Balaban J connectivity index is 4.74. The fourth-order valence-electron chi connectivity index (χ4n) is 1.69. The van der Waals surface area contributed by atoms with Gasteiger partial charge in [-0.15, -0.1) is 0 Å². The van der Waals surface area contributed by atoms with Gasteiger partial charge in [-0.1, -0.05) is 13.8 Å². The van der Waals surface area contributed by atoms with E-state index in [0.29, 0.717) is 0 Å². The average Bonchev–Trinajstić information content (AvgIpc) is 2.33. The minimum absolute atomic E-state index is 0.826. The van der Waals surface area contributed by atoms with E-state index in [4.69, 9.17) is 17.7 Å². The molecular formula is C9H24O4Si2. The van der Waals surface area contributed by atoms with Crippen LogP contribution in [0.4, 0.5) is 0 Å². The van der Waals surface area contributed by atoms with Crippen molar-refractivity contribution in [2.24, 2.45) is 0 Å². The normalized spacial score (nSPS) is 13.2. The number of hydrogen-bond acceptors (Lipinski definition) is 4. The lowest BCUT2D eigenvalue weighted by molar-refractivity contribution is 0.220. The highest BCUT2D eigenvalue weighted by molar-refractivity contribution is 6.86. The molecule has 0 unspecified atom stereocenters. The molecule has 0 atom stereocenters. The first kappa shape index (κ1) is 15.3. The SMILES string of the molecule is CC[Si](C[Si](CC)(OC)OC)(OC)OC. The van der Waals surface area contributed by atoms with Gasteiger partial charge < -0.3 is 17.7 Å². The molecule has 0 saturated carbocycles. The third-order valence-corrected chi connectivity index (χ3v) is 12.5. The van der Waals surface area contributed by atoms with Gasteiger partial charge in [-0.3, -0.25) is 0 Å². The Morgan fingerprint density at radius 3 is 1.07 bits per heavy atom. The van der Waals surface area contributed by atoms with Gasteiger partial charge in [-0.05, 0) is 12.1 Å². The Hall–Kier alpha value is 0.274. The zero-order chi connectivity index (χ0) is 11.9. The van der Waals surface area contributed by atoms with E-state index in [1.165, 1.54) is 0 Å². The highest BCUT2D eigenvalue weighted by Crippen LogP contribution is 2.27. The molecule has 0 bridgehead atoms. The summed E-state index contributed by atoms with van der Waals surface area (Å²) in [5.41, 5.74) is 0.826. The molecule has 0 heterocycles. The summed E-state index contributed by atoms with van der Waals surface area (Å²) in [6, 6.07) is 1.84. The molecule has 0 aromatic heterocycles. The highest BCUT2D eigenvalue weighted by Gasteiger charge is 2.47. The standard InChI is InChI=1S/C9H24O4Si2/c1-7-14(10-3,11-4)9-15(8-2,12-5)13-6/h7-9H2,1-6H3. The van der Waals surface area contributed by atoms with Gasteiger partial charge in [-0.2, -0.15) is 0 Å². The molecule has 0 radical (unpaired) electrons. The molecule has 6 heteroatoms. The summed E-state index contributed by atoms with van der Waals surface area (Å²) in [6.07, 6.45) is 0. The van der Waals surface area contributed by atoms with Gasteiger partial charge in [0.2, 0.25) is 0 Å². The zero-order valence-corrected chi connectivity index (χ0v) is 12.8. The molecular weight excluding hydrogens is 228 g/mol. The molecule has 4 nitrogen and oxygen atoms in total. The molecule has 0 aliphatic heterocycles. The molecule has 0 aromatic carbocycles. The first-order valence-corrected chi connectivity index (χ1v) is 9.74. The van der Waals surface area contributed by atoms with Crippen LogP contribution in [0, 0.1) is 0 Å². The van der Waals surface area contributed by atoms with Gasteiger partial charge in [0.25, 0.3) is 0 Å². The minimum atomic E-state index is -2.10. The fraction of sp³-hybridized carbons (Fsp3) is 1.00. The van der Waals surface area contributed by atoms with Crippen molar-refractivity contribution in [1.29, 1.82) is 0 Å². The number of rotatable bonds is 8. The summed E-state index contributed by atoms with van der Waals surface area (Å²) in [5, 5.41) is 0. The Labute approximate surface area is 95.4 Å². The van der Waals surface area contributed by atoms with Gasteiger partial charge in [0.05, 0.1) is 0 Å². The summed E-state index contributed by atoms with van der Waals surface area (Å²) in [7, 11) is 2.68. The third-order valence-electron chi connectivity index (χ3n) is 3.10. The van der Waals surface area contributed by atoms with Crippen molar-refractivity contribution in [2.45, 2.75) is 31.6 Å².